The summed E-state index contributed by atoms with van der Waals surface area (Å²) in [6.45, 7) is 5.04. The van der Waals surface area contributed by atoms with Crippen LogP contribution in [0.3, 0.4) is 0 Å². The van der Waals surface area contributed by atoms with E-state index in [2.05, 4.69) is 42.4 Å². The molecule has 2 aromatic rings. The summed E-state index contributed by atoms with van der Waals surface area (Å²) in [4.78, 5) is 0. The molecule has 0 unspecified atom stereocenters. The minimum atomic E-state index is 0.420. The number of hydrogen-bond acceptors (Lipinski definition) is 2. The van der Waals surface area contributed by atoms with Crippen molar-refractivity contribution < 1.29 is 0 Å². The molecular formula is C13H18N4. The highest BCUT2D eigenvalue weighted by molar-refractivity contribution is 5.13. The molecule has 2 heterocycles. The molecule has 4 heteroatoms. The zero-order chi connectivity index (χ0) is 11.8. The van der Waals surface area contributed by atoms with E-state index >= 15 is 0 Å². The molecule has 1 fully saturated rings. The number of nitrogens with zero attached hydrogens (tertiary/aromatic N) is 4. The number of hydrogen-bond donors (Lipinski definition) is 0. The lowest BCUT2D eigenvalue weighted by molar-refractivity contribution is 0.520. The summed E-state index contributed by atoms with van der Waals surface area (Å²) in [5, 5.41) is 9.12. The van der Waals surface area contributed by atoms with Gasteiger partial charge in [-0.3, -0.25) is 9.36 Å². The standard InChI is InChI=1S/C13H18N4/c1-10(2)17-8-5-12(14-17)9-16-7-6-13(15-16)11-3-4-11/h5-8,10-11H,3-4,9H2,1-2H3. The number of aromatic nitrogens is 4. The Bertz CT molecular complexity index is 467. The van der Waals surface area contributed by atoms with Crippen LogP contribution in [0.2, 0.25) is 0 Å². The van der Waals surface area contributed by atoms with Crippen LogP contribution < -0.4 is 0 Å². The van der Waals surface area contributed by atoms with E-state index < -0.39 is 0 Å². The Labute approximate surface area is 101 Å². The molecule has 0 radical (unpaired) electrons. The first-order valence-corrected chi connectivity index (χ1v) is 6.30. The summed E-state index contributed by atoms with van der Waals surface area (Å²) in [7, 11) is 0. The van der Waals surface area contributed by atoms with E-state index in [-0.39, 0.29) is 0 Å². The van der Waals surface area contributed by atoms with Crippen LogP contribution >= 0.6 is 0 Å². The molecule has 0 saturated heterocycles. The predicted molar refractivity (Wildman–Crippen MR) is 65.9 cm³/mol. The van der Waals surface area contributed by atoms with Gasteiger partial charge in [0.2, 0.25) is 0 Å². The van der Waals surface area contributed by atoms with E-state index in [1.54, 1.807) is 0 Å². The van der Waals surface area contributed by atoms with E-state index in [4.69, 9.17) is 0 Å². The van der Waals surface area contributed by atoms with Gasteiger partial charge >= 0.3 is 0 Å². The van der Waals surface area contributed by atoms with E-state index in [1.807, 2.05) is 15.6 Å². The minimum absolute atomic E-state index is 0.420. The Hall–Kier alpha value is -1.58. The number of rotatable bonds is 4. The molecule has 0 bridgehead atoms. The Morgan fingerprint density at radius 1 is 1.24 bits per heavy atom. The first kappa shape index (κ1) is 10.6. The van der Waals surface area contributed by atoms with Gasteiger partial charge in [0.05, 0.1) is 17.9 Å². The Kier molecular flexibility index (Phi) is 2.50. The second-order valence-corrected chi connectivity index (χ2v) is 5.09. The summed E-state index contributed by atoms with van der Waals surface area (Å²) in [5.41, 5.74) is 2.32. The van der Waals surface area contributed by atoms with Gasteiger partial charge in [0.25, 0.3) is 0 Å². The maximum Gasteiger partial charge on any atom is 0.0849 e. The van der Waals surface area contributed by atoms with Crippen molar-refractivity contribution in [2.45, 2.75) is 45.2 Å². The normalized spacial score (nSPS) is 15.7. The van der Waals surface area contributed by atoms with Crippen molar-refractivity contribution in [2.24, 2.45) is 0 Å². The molecule has 2 aromatic heterocycles. The molecule has 3 rings (SSSR count). The quantitative estimate of drug-likeness (QED) is 0.809. The molecule has 1 aliphatic rings. The summed E-state index contributed by atoms with van der Waals surface area (Å²) in [6.07, 6.45) is 6.70. The molecule has 1 aliphatic carbocycles. The SMILES string of the molecule is CC(C)n1ccc(Cn2ccc(C3CC3)n2)n1. The first-order chi connectivity index (χ1) is 8.22. The van der Waals surface area contributed by atoms with Gasteiger partial charge < -0.3 is 0 Å². The van der Waals surface area contributed by atoms with Gasteiger partial charge in [0, 0.05) is 24.4 Å². The van der Waals surface area contributed by atoms with Crippen molar-refractivity contribution in [2.75, 3.05) is 0 Å². The molecule has 4 nitrogen and oxygen atoms in total. The molecular weight excluding hydrogens is 212 g/mol. The minimum Gasteiger partial charge on any atom is -0.270 e. The van der Waals surface area contributed by atoms with Crippen LogP contribution in [-0.2, 0) is 6.54 Å². The van der Waals surface area contributed by atoms with Crippen LogP contribution in [0.1, 0.15) is 50.0 Å². The average molecular weight is 230 g/mol. The van der Waals surface area contributed by atoms with Crippen molar-refractivity contribution in [1.82, 2.24) is 19.6 Å². The Morgan fingerprint density at radius 3 is 2.71 bits per heavy atom. The third-order valence-corrected chi connectivity index (χ3v) is 3.17. The van der Waals surface area contributed by atoms with Gasteiger partial charge in [-0.2, -0.15) is 10.2 Å². The second-order valence-electron chi connectivity index (χ2n) is 5.09. The topological polar surface area (TPSA) is 35.6 Å². The maximum absolute atomic E-state index is 4.59. The second kappa shape index (κ2) is 4.02. The van der Waals surface area contributed by atoms with E-state index in [9.17, 15) is 0 Å². The van der Waals surface area contributed by atoms with Gasteiger partial charge in [0.15, 0.2) is 0 Å². The van der Waals surface area contributed by atoms with Crippen molar-refractivity contribution in [1.29, 1.82) is 0 Å². The van der Waals surface area contributed by atoms with Crippen molar-refractivity contribution in [3.8, 4) is 0 Å². The van der Waals surface area contributed by atoms with Gasteiger partial charge in [0.1, 0.15) is 0 Å². The Balaban J connectivity index is 1.71. The zero-order valence-corrected chi connectivity index (χ0v) is 10.4. The van der Waals surface area contributed by atoms with Crippen molar-refractivity contribution >= 4 is 0 Å². The van der Waals surface area contributed by atoms with E-state index in [0.29, 0.717) is 6.04 Å². The molecule has 90 valence electrons. The van der Waals surface area contributed by atoms with Crippen LogP contribution in [-0.4, -0.2) is 19.6 Å². The highest BCUT2D eigenvalue weighted by Crippen LogP contribution is 2.38. The summed E-state index contributed by atoms with van der Waals surface area (Å²) in [6, 6.07) is 4.62. The molecule has 0 aliphatic heterocycles. The predicted octanol–water partition coefficient (Wildman–Crippen LogP) is 2.59. The molecule has 0 aromatic carbocycles. The highest BCUT2D eigenvalue weighted by Gasteiger charge is 2.25. The highest BCUT2D eigenvalue weighted by atomic mass is 15.3. The largest absolute Gasteiger partial charge is 0.270 e. The molecule has 0 amide bonds. The van der Waals surface area contributed by atoms with Gasteiger partial charge in [-0.25, -0.2) is 0 Å². The third-order valence-electron chi connectivity index (χ3n) is 3.17. The van der Waals surface area contributed by atoms with Gasteiger partial charge in [-0.15, -0.1) is 0 Å². The Morgan fingerprint density at radius 2 is 2.06 bits per heavy atom. The first-order valence-electron chi connectivity index (χ1n) is 6.30. The molecule has 0 N–H and O–H groups in total. The lowest BCUT2D eigenvalue weighted by atomic mass is 10.3. The average Bonchev–Trinajstić information content (AvgIpc) is 2.87. The van der Waals surface area contributed by atoms with Crippen LogP contribution in [0.5, 0.6) is 0 Å². The summed E-state index contributed by atoms with van der Waals surface area (Å²) in [5.74, 6) is 0.726. The summed E-state index contributed by atoms with van der Waals surface area (Å²) >= 11 is 0. The molecule has 1 saturated carbocycles. The smallest absolute Gasteiger partial charge is 0.0849 e. The maximum atomic E-state index is 4.59. The fourth-order valence-corrected chi connectivity index (χ4v) is 1.98. The van der Waals surface area contributed by atoms with Crippen LogP contribution in [0.4, 0.5) is 0 Å². The van der Waals surface area contributed by atoms with E-state index in [0.717, 1.165) is 18.2 Å². The monoisotopic (exact) mass is 230 g/mol. The fraction of sp³-hybridized carbons (Fsp3) is 0.538. The lowest BCUT2D eigenvalue weighted by Crippen LogP contribution is -2.05. The van der Waals surface area contributed by atoms with Crippen LogP contribution in [0, 0.1) is 0 Å². The van der Waals surface area contributed by atoms with Crippen LogP contribution in [0.25, 0.3) is 0 Å². The zero-order valence-electron chi connectivity index (χ0n) is 10.4. The van der Waals surface area contributed by atoms with Gasteiger partial charge in [-0.05, 0) is 38.8 Å². The summed E-state index contributed by atoms with van der Waals surface area (Å²) < 4.78 is 3.97. The van der Waals surface area contributed by atoms with Crippen molar-refractivity contribution in [3.63, 3.8) is 0 Å². The fourth-order valence-electron chi connectivity index (χ4n) is 1.98. The molecule has 17 heavy (non-hydrogen) atoms. The lowest BCUT2D eigenvalue weighted by Gasteiger charge is -2.03. The van der Waals surface area contributed by atoms with E-state index in [1.165, 1.54) is 18.5 Å². The van der Waals surface area contributed by atoms with Crippen molar-refractivity contribution in [3.05, 3.63) is 35.9 Å². The molecule has 0 spiro atoms. The third kappa shape index (κ3) is 2.25. The molecule has 0 atom stereocenters. The van der Waals surface area contributed by atoms with Crippen LogP contribution in [0.15, 0.2) is 24.5 Å². The van der Waals surface area contributed by atoms with Gasteiger partial charge in [-0.1, -0.05) is 0 Å².